The van der Waals surface area contributed by atoms with Gasteiger partial charge in [0.05, 0.1) is 6.04 Å². The third kappa shape index (κ3) is 6.83. The number of thioether (sulfide) groups is 1. The van der Waals surface area contributed by atoms with Crippen LogP contribution in [-0.4, -0.2) is 83.0 Å². The fraction of sp³-hybridized carbons (Fsp3) is 0.810. The number of likely N-dealkylation sites (tertiary alicyclic amines) is 1. The standard InChI is InChI=1S/C21H36N4O5S/c1-4-13(2)17(20(28)25-11-6-8-16(25)21(29)30)24-19(27)15(9-12-31-3)23-18(26)14-7-5-10-22-14/h13-17,22H,4-12H2,1-3H3,(H,23,26)(H,24,27)(H,29,30). The molecule has 10 heteroatoms. The van der Waals surface area contributed by atoms with Gasteiger partial charge in [0.1, 0.15) is 18.1 Å². The number of hydrogen-bond acceptors (Lipinski definition) is 6. The number of carboxylic acid groups (broad SMARTS) is 1. The van der Waals surface area contributed by atoms with E-state index in [1.165, 1.54) is 4.90 Å². The second-order valence-corrected chi connectivity index (χ2v) is 9.38. The Kier molecular flexibility index (Phi) is 10.1. The Balaban J connectivity index is 2.12. The molecule has 0 aliphatic carbocycles. The van der Waals surface area contributed by atoms with Gasteiger partial charge in [-0.15, -0.1) is 0 Å². The summed E-state index contributed by atoms with van der Waals surface area (Å²) in [6, 6.07) is -2.71. The van der Waals surface area contributed by atoms with E-state index in [4.69, 9.17) is 0 Å². The number of aliphatic carboxylic acids is 1. The fourth-order valence-corrected chi connectivity index (χ4v) is 4.56. The molecule has 0 bridgehead atoms. The molecule has 2 saturated heterocycles. The second-order valence-electron chi connectivity index (χ2n) is 8.39. The van der Waals surface area contributed by atoms with E-state index in [2.05, 4.69) is 16.0 Å². The van der Waals surface area contributed by atoms with E-state index in [0.717, 1.165) is 19.4 Å². The summed E-state index contributed by atoms with van der Waals surface area (Å²) in [7, 11) is 0. The SMILES string of the molecule is CCC(C)C(NC(=O)C(CCSC)NC(=O)C1CCCN1)C(=O)N1CCCC1C(=O)O. The summed E-state index contributed by atoms with van der Waals surface area (Å²) >= 11 is 1.58. The summed E-state index contributed by atoms with van der Waals surface area (Å²) < 4.78 is 0. The summed E-state index contributed by atoms with van der Waals surface area (Å²) in [4.78, 5) is 51.8. The first-order valence-electron chi connectivity index (χ1n) is 11.2. The summed E-state index contributed by atoms with van der Waals surface area (Å²) in [6.07, 6.45) is 5.74. The van der Waals surface area contributed by atoms with E-state index >= 15 is 0 Å². The van der Waals surface area contributed by atoms with Gasteiger partial charge in [-0.3, -0.25) is 14.4 Å². The molecule has 2 heterocycles. The van der Waals surface area contributed by atoms with E-state index in [1.807, 2.05) is 20.1 Å². The number of carboxylic acids is 1. The van der Waals surface area contributed by atoms with Crippen LogP contribution in [0.1, 0.15) is 52.4 Å². The monoisotopic (exact) mass is 456 g/mol. The topological polar surface area (TPSA) is 128 Å². The molecule has 0 spiro atoms. The molecular weight excluding hydrogens is 420 g/mol. The summed E-state index contributed by atoms with van der Waals surface area (Å²) in [5.74, 6) is -1.46. The summed E-state index contributed by atoms with van der Waals surface area (Å²) in [5, 5.41) is 18.3. The molecule has 31 heavy (non-hydrogen) atoms. The van der Waals surface area contributed by atoms with Gasteiger partial charge in [-0.1, -0.05) is 20.3 Å². The van der Waals surface area contributed by atoms with Crippen molar-refractivity contribution in [3.8, 4) is 0 Å². The van der Waals surface area contributed by atoms with Gasteiger partial charge in [0.2, 0.25) is 17.7 Å². The zero-order valence-corrected chi connectivity index (χ0v) is 19.5. The Morgan fingerprint density at radius 1 is 1.19 bits per heavy atom. The molecule has 2 aliphatic heterocycles. The summed E-state index contributed by atoms with van der Waals surface area (Å²) in [5.41, 5.74) is 0. The predicted molar refractivity (Wildman–Crippen MR) is 120 cm³/mol. The zero-order valence-electron chi connectivity index (χ0n) is 18.7. The molecule has 2 rings (SSSR count). The number of rotatable bonds is 11. The highest BCUT2D eigenvalue weighted by Gasteiger charge is 2.40. The van der Waals surface area contributed by atoms with Gasteiger partial charge in [-0.05, 0) is 56.6 Å². The van der Waals surface area contributed by atoms with Crippen LogP contribution in [0.4, 0.5) is 0 Å². The van der Waals surface area contributed by atoms with E-state index in [1.54, 1.807) is 11.8 Å². The van der Waals surface area contributed by atoms with Gasteiger partial charge >= 0.3 is 5.97 Å². The highest BCUT2D eigenvalue weighted by molar-refractivity contribution is 7.98. The van der Waals surface area contributed by atoms with Crippen LogP contribution >= 0.6 is 11.8 Å². The van der Waals surface area contributed by atoms with Crippen molar-refractivity contribution in [2.45, 2.75) is 76.5 Å². The van der Waals surface area contributed by atoms with Crippen molar-refractivity contribution in [1.82, 2.24) is 20.9 Å². The number of amides is 3. The van der Waals surface area contributed by atoms with E-state index in [-0.39, 0.29) is 23.8 Å². The minimum absolute atomic E-state index is 0.167. The molecule has 3 amide bonds. The molecule has 5 unspecified atom stereocenters. The quantitative estimate of drug-likeness (QED) is 0.358. The molecule has 2 fully saturated rings. The maximum Gasteiger partial charge on any atom is 0.326 e. The number of nitrogens with one attached hydrogen (secondary N) is 3. The molecule has 5 atom stereocenters. The molecule has 0 saturated carbocycles. The lowest BCUT2D eigenvalue weighted by molar-refractivity contribution is -0.150. The number of hydrogen-bond donors (Lipinski definition) is 4. The van der Waals surface area contributed by atoms with E-state index in [9.17, 15) is 24.3 Å². The first kappa shape index (κ1) is 25.5. The molecular formula is C21H36N4O5S. The van der Waals surface area contributed by atoms with Gasteiger partial charge < -0.3 is 26.0 Å². The predicted octanol–water partition coefficient (Wildman–Crippen LogP) is 0.583. The molecule has 0 radical (unpaired) electrons. The molecule has 2 aliphatic rings. The average Bonchev–Trinajstić information content (AvgIpc) is 3.45. The second kappa shape index (κ2) is 12.3. The number of carbonyl (C=O) groups is 4. The van der Waals surface area contributed by atoms with Crippen molar-refractivity contribution in [2.24, 2.45) is 5.92 Å². The van der Waals surface area contributed by atoms with Gasteiger partial charge in [-0.25, -0.2) is 4.79 Å². The molecule has 9 nitrogen and oxygen atoms in total. The van der Waals surface area contributed by atoms with Crippen molar-refractivity contribution in [3.05, 3.63) is 0 Å². The molecule has 0 aromatic carbocycles. The van der Waals surface area contributed by atoms with Crippen LogP contribution in [0.3, 0.4) is 0 Å². The lowest BCUT2D eigenvalue weighted by Gasteiger charge is -2.31. The molecule has 176 valence electrons. The average molecular weight is 457 g/mol. The van der Waals surface area contributed by atoms with Crippen LogP contribution in [-0.2, 0) is 19.2 Å². The van der Waals surface area contributed by atoms with Gasteiger partial charge in [0.15, 0.2) is 0 Å². The largest absolute Gasteiger partial charge is 0.480 e. The highest BCUT2D eigenvalue weighted by Crippen LogP contribution is 2.21. The molecule has 0 aromatic heterocycles. The summed E-state index contributed by atoms with van der Waals surface area (Å²) in [6.45, 7) is 4.95. The molecule has 0 aromatic rings. The van der Waals surface area contributed by atoms with Crippen LogP contribution in [0.15, 0.2) is 0 Å². The number of carbonyl (C=O) groups excluding carboxylic acids is 3. The van der Waals surface area contributed by atoms with Crippen molar-refractivity contribution < 1.29 is 24.3 Å². The van der Waals surface area contributed by atoms with Crippen molar-refractivity contribution in [2.75, 3.05) is 25.1 Å². The lowest BCUT2D eigenvalue weighted by atomic mass is 9.96. The van der Waals surface area contributed by atoms with Gasteiger partial charge in [0.25, 0.3) is 0 Å². The van der Waals surface area contributed by atoms with Gasteiger partial charge in [-0.2, -0.15) is 11.8 Å². The van der Waals surface area contributed by atoms with Crippen LogP contribution < -0.4 is 16.0 Å². The maximum atomic E-state index is 13.2. The minimum atomic E-state index is -1.02. The first-order chi connectivity index (χ1) is 14.8. The normalized spacial score (nSPS) is 23.8. The van der Waals surface area contributed by atoms with Gasteiger partial charge in [0, 0.05) is 6.54 Å². The third-order valence-electron chi connectivity index (χ3n) is 6.22. The highest BCUT2D eigenvalue weighted by atomic mass is 32.2. The number of nitrogens with zero attached hydrogens (tertiary/aromatic N) is 1. The van der Waals surface area contributed by atoms with E-state index in [0.29, 0.717) is 38.0 Å². The maximum absolute atomic E-state index is 13.2. The van der Waals surface area contributed by atoms with Crippen LogP contribution in [0, 0.1) is 5.92 Å². The molecule has 4 N–H and O–H groups in total. The Hall–Kier alpha value is -1.81. The third-order valence-corrected chi connectivity index (χ3v) is 6.86. The Labute approximate surface area is 188 Å². The van der Waals surface area contributed by atoms with Crippen LogP contribution in [0.2, 0.25) is 0 Å². The lowest BCUT2D eigenvalue weighted by Crippen LogP contribution is -2.58. The zero-order chi connectivity index (χ0) is 23.0. The van der Waals surface area contributed by atoms with Crippen LogP contribution in [0.25, 0.3) is 0 Å². The Morgan fingerprint density at radius 2 is 1.94 bits per heavy atom. The van der Waals surface area contributed by atoms with Crippen molar-refractivity contribution in [1.29, 1.82) is 0 Å². The Morgan fingerprint density at radius 3 is 2.52 bits per heavy atom. The first-order valence-corrected chi connectivity index (χ1v) is 12.6. The smallest absolute Gasteiger partial charge is 0.326 e. The minimum Gasteiger partial charge on any atom is -0.480 e. The van der Waals surface area contributed by atoms with Crippen molar-refractivity contribution >= 4 is 35.5 Å². The van der Waals surface area contributed by atoms with E-state index < -0.39 is 30.0 Å². The van der Waals surface area contributed by atoms with Crippen molar-refractivity contribution in [3.63, 3.8) is 0 Å². The fourth-order valence-electron chi connectivity index (χ4n) is 4.09. The van der Waals surface area contributed by atoms with Crippen LogP contribution in [0.5, 0.6) is 0 Å². The Bertz CT molecular complexity index is 656.